The molecule has 1 heterocycles. The number of hydrogen-bond donors (Lipinski definition) is 0. The highest BCUT2D eigenvalue weighted by atomic mass is 35.5. The molecule has 1 atom stereocenters. The Hall–Kier alpha value is -3.02. The molecule has 0 spiro atoms. The van der Waals surface area contributed by atoms with E-state index in [1.165, 1.54) is 7.11 Å². The zero-order valence-corrected chi connectivity index (χ0v) is 21.4. The van der Waals surface area contributed by atoms with E-state index in [1.807, 2.05) is 71.9 Å². The lowest BCUT2D eigenvalue weighted by atomic mass is 9.88. The maximum atomic E-state index is 12.9. The number of methoxy groups -OCH3 is 1. The van der Waals surface area contributed by atoms with Gasteiger partial charge >= 0.3 is 5.97 Å². The van der Waals surface area contributed by atoms with Crippen LogP contribution in [0.2, 0.25) is 5.02 Å². The summed E-state index contributed by atoms with van der Waals surface area (Å²) in [6.07, 6.45) is -0.475. The van der Waals surface area contributed by atoms with Gasteiger partial charge in [-0.05, 0) is 87.6 Å². The number of benzene rings is 2. The first-order chi connectivity index (χ1) is 16.0. The Labute approximate surface area is 206 Å². The van der Waals surface area contributed by atoms with Gasteiger partial charge in [0.15, 0.2) is 12.4 Å². The number of carbonyl (C=O) groups excluding carboxylic acids is 2. The summed E-state index contributed by atoms with van der Waals surface area (Å²) >= 11 is 6.15. The molecule has 0 radical (unpaired) electrons. The van der Waals surface area contributed by atoms with Gasteiger partial charge < -0.3 is 9.47 Å². The Balaban J connectivity index is 2.43. The fraction of sp³-hybridized carbons (Fsp3) is 0.321. The van der Waals surface area contributed by atoms with Gasteiger partial charge in [0, 0.05) is 16.1 Å². The number of aryl methyl sites for hydroxylation is 2. The highest BCUT2D eigenvalue weighted by Crippen LogP contribution is 2.41. The first-order valence-corrected chi connectivity index (χ1v) is 11.4. The summed E-state index contributed by atoms with van der Waals surface area (Å²) in [5.74, 6) is -0.603. The van der Waals surface area contributed by atoms with E-state index in [-0.39, 0.29) is 5.69 Å². The molecule has 0 aliphatic rings. The number of hydrogen-bond acceptors (Lipinski definition) is 5. The van der Waals surface area contributed by atoms with Crippen LogP contribution in [-0.2, 0) is 14.3 Å². The second-order valence-corrected chi connectivity index (χ2v) is 9.75. The van der Waals surface area contributed by atoms with E-state index >= 15 is 0 Å². The van der Waals surface area contributed by atoms with Crippen LogP contribution in [0.25, 0.3) is 22.4 Å². The lowest BCUT2D eigenvalue weighted by Gasteiger charge is -2.29. The minimum absolute atomic E-state index is 0.128. The Morgan fingerprint density at radius 2 is 1.62 bits per heavy atom. The summed E-state index contributed by atoms with van der Waals surface area (Å²) in [7, 11) is 1.30. The molecule has 0 fully saturated rings. The van der Waals surface area contributed by atoms with E-state index in [0.717, 1.165) is 27.8 Å². The average Bonchev–Trinajstić information content (AvgIpc) is 2.78. The van der Waals surface area contributed by atoms with Gasteiger partial charge in [-0.2, -0.15) is 0 Å². The third-order valence-electron chi connectivity index (χ3n) is 5.68. The largest absolute Gasteiger partial charge is 0.467 e. The highest BCUT2D eigenvalue weighted by Gasteiger charge is 2.34. The predicted molar refractivity (Wildman–Crippen MR) is 135 cm³/mol. The van der Waals surface area contributed by atoms with Crippen LogP contribution in [0.15, 0.2) is 42.5 Å². The van der Waals surface area contributed by atoms with Crippen molar-refractivity contribution in [2.24, 2.45) is 0 Å². The van der Waals surface area contributed by atoms with Gasteiger partial charge in [-0.15, -0.1) is 0 Å². The topological polar surface area (TPSA) is 65.5 Å². The van der Waals surface area contributed by atoms with Crippen molar-refractivity contribution in [1.29, 1.82) is 0 Å². The Morgan fingerprint density at radius 3 is 2.15 bits per heavy atom. The molecule has 178 valence electrons. The molecule has 0 aliphatic heterocycles. The molecular formula is C28H30ClNO4. The molecule has 0 aliphatic carbocycles. The van der Waals surface area contributed by atoms with Crippen LogP contribution in [0.3, 0.4) is 0 Å². The van der Waals surface area contributed by atoms with E-state index in [4.69, 9.17) is 26.1 Å². The van der Waals surface area contributed by atoms with Gasteiger partial charge in [0.2, 0.25) is 0 Å². The van der Waals surface area contributed by atoms with Gasteiger partial charge in [-0.3, -0.25) is 4.79 Å². The summed E-state index contributed by atoms with van der Waals surface area (Å²) < 4.78 is 11.2. The molecule has 6 heteroatoms. The summed E-state index contributed by atoms with van der Waals surface area (Å²) in [6, 6.07) is 13.3. The first-order valence-electron chi connectivity index (χ1n) is 11.1. The Kier molecular flexibility index (Phi) is 7.59. The number of esters is 1. The maximum Gasteiger partial charge on any atom is 0.339 e. The number of rotatable bonds is 6. The van der Waals surface area contributed by atoms with Crippen molar-refractivity contribution in [3.05, 3.63) is 75.4 Å². The molecule has 0 saturated carbocycles. The van der Waals surface area contributed by atoms with Gasteiger partial charge in [0.25, 0.3) is 0 Å². The SMILES string of the molecule is COC(=O)C(OC(C)(C)C)c1c(C=O)nc(-c2ccc(C)c(C)c2)c(C)c1-c1ccc(Cl)cc1. The van der Waals surface area contributed by atoms with Crippen molar-refractivity contribution in [2.75, 3.05) is 7.11 Å². The maximum absolute atomic E-state index is 12.9. The molecule has 1 unspecified atom stereocenters. The molecule has 34 heavy (non-hydrogen) atoms. The Bertz CT molecular complexity index is 1230. The molecule has 1 aromatic heterocycles. The molecule has 3 aromatic rings. The number of nitrogens with zero attached hydrogens (tertiary/aromatic N) is 1. The van der Waals surface area contributed by atoms with Gasteiger partial charge in [0.05, 0.1) is 18.4 Å². The first kappa shape index (κ1) is 25.6. The van der Waals surface area contributed by atoms with Crippen LogP contribution in [0.1, 0.15) is 59.6 Å². The third kappa shape index (κ3) is 5.37. The zero-order valence-electron chi connectivity index (χ0n) is 20.7. The molecule has 0 amide bonds. The average molecular weight is 480 g/mol. The number of aldehydes is 1. The van der Waals surface area contributed by atoms with Crippen LogP contribution >= 0.6 is 11.6 Å². The normalized spacial score (nSPS) is 12.4. The fourth-order valence-corrected chi connectivity index (χ4v) is 4.04. The third-order valence-corrected chi connectivity index (χ3v) is 5.93. The highest BCUT2D eigenvalue weighted by molar-refractivity contribution is 6.30. The Morgan fingerprint density at radius 1 is 1.00 bits per heavy atom. The van der Waals surface area contributed by atoms with Crippen molar-refractivity contribution in [1.82, 2.24) is 4.98 Å². The monoisotopic (exact) mass is 479 g/mol. The van der Waals surface area contributed by atoms with Crippen molar-refractivity contribution >= 4 is 23.9 Å². The molecular weight excluding hydrogens is 450 g/mol. The van der Waals surface area contributed by atoms with Gasteiger partial charge in [-0.25, -0.2) is 9.78 Å². The van der Waals surface area contributed by atoms with Crippen molar-refractivity contribution in [3.8, 4) is 22.4 Å². The zero-order chi connectivity index (χ0) is 25.2. The van der Waals surface area contributed by atoms with Crippen molar-refractivity contribution in [2.45, 2.75) is 53.2 Å². The van der Waals surface area contributed by atoms with E-state index < -0.39 is 17.7 Å². The number of pyridine rings is 1. The predicted octanol–water partition coefficient (Wildman–Crippen LogP) is 6.84. The molecule has 2 aromatic carbocycles. The molecule has 0 N–H and O–H groups in total. The van der Waals surface area contributed by atoms with Crippen LogP contribution in [0.5, 0.6) is 0 Å². The smallest absolute Gasteiger partial charge is 0.339 e. The number of carbonyl (C=O) groups is 2. The lowest BCUT2D eigenvalue weighted by Crippen LogP contribution is -2.30. The summed E-state index contributed by atoms with van der Waals surface area (Å²) in [6.45, 7) is 11.5. The lowest BCUT2D eigenvalue weighted by molar-refractivity contribution is -0.164. The summed E-state index contributed by atoms with van der Waals surface area (Å²) in [5.41, 5.74) is 5.96. The molecule has 0 bridgehead atoms. The van der Waals surface area contributed by atoms with Crippen molar-refractivity contribution < 1.29 is 19.1 Å². The standard InChI is InChI=1S/C28H30ClNO4/c1-16-8-9-20(14-17(16)2)25-18(3)23(19-10-12-21(29)13-11-19)24(22(15-31)30-25)26(27(32)33-7)34-28(4,5)6/h8-15,26H,1-7H3. The van der Waals surface area contributed by atoms with Crippen LogP contribution in [0, 0.1) is 20.8 Å². The number of halogens is 1. The quantitative estimate of drug-likeness (QED) is 0.286. The number of ether oxygens (including phenoxy) is 2. The van der Waals surface area contributed by atoms with Crippen molar-refractivity contribution in [3.63, 3.8) is 0 Å². The minimum atomic E-state index is -1.14. The van der Waals surface area contributed by atoms with Gasteiger partial charge in [-0.1, -0.05) is 35.9 Å². The summed E-state index contributed by atoms with van der Waals surface area (Å²) in [5, 5.41) is 0.581. The second-order valence-electron chi connectivity index (χ2n) is 9.32. The molecule has 0 saturated heterocycles. The van der Waals surface area contributed by atoms with E-state index in [9.17, 15) is 9.59 Å². The van der Waals surface area contributed by atoms with E-state index in [0.29, 0.717) is 28.1 Å². The fourth-order valence-electron chi connectivity index (χ4n) is 3.91. The van der Waals surface area contributed by atoms with E-state index in [2.05, 4.69) is 0 Å². The van der Waals surface area contributed by atoms with E-state index in [1.54, 1.807) is 12.1 Å². The summed E-state index contributed by atoms with van der Waals surface area (Å²) in [4.78, 5) is 30.0. The van der Waals surface area contributed by atoms with Crippen LogP contribution in [0.4, 0.5) is 0 Å². The number of aromatic nitrogens is 1. The van der Waals surface area contributed by atoms with Crippen LogP contribution in [-0.4, -0.2) is 30.0 Å². The molecule has 5 nitrogen and oxygen atoms in total. The minimum Gasteiger partial charge on any atom is -0.467 e. The van der Waals surface area contributed by atoms with Crippen LogP contribution < -0.4 is 0 Å². The van der Waals surface area contributed by atoms with Gasteiger partial charge in [0.1, 0.15) is 5.69 Å². The second kappa shape index (κ2) is 10.1. The molecule has 3 rings (SSSR count).